The largest absolute Gasteiger partial charge is 0.385 e. The van der Waals surface area contributed by atoms with Gasteiger partial charge in [0.05, 0.1) is 11.0 Å². The van der Waals surface area contributed by atoms with Gasteiger partial charge in [-0.05, 0) is 65.2 Å². The van der Waals surface area contributed by atoms with Crippen molar-refractivity contribution in [3.05, 3.63) is 34.1 Å². The van der Waals surface area contributed by atoms with E-state index >= 15 is 0 Å². The fraction of sp³-hybridized carbons (Fsp3) is 0.611. The summed E-state index contributed by atoms with van der Waals surface area (Å²) in [6.45, 7) is 4.99. The molecule has 0 spiro atoms. The summed E-state index contributed by atoms with van der Waals surface area (Å²) in [4.78, 5) is 4.58. The predicted octanol–water partition coefficient (Wildman–Crippen LogP) is 3.85. The van der Waals surface area contributed by atoms with Gasteiger partial charge in [0.1, 0.15) is 5.82 Å². The predicted molar refractivity (Wildman–Crippen MR) is 99.7 cm³/mol. The van der Waals surface area contributed by atoms with Crippen molar-refractivity contribution >= 4 is 21.9 Å². The Labute approximate surface area is 152 Å². The van der Waals surface area contributed by atoms with Crippen LogP contribution in [0, 0.1) is 11.2 Å². The third kappa shape index (κ3) is 5.45. The van der Waals surface area contributed by atoms with E-state index in [1.165, 1.54) is 25.3 Å². The van der Waals surface area contributed by atoms with E-state index in [2.05, 4.69) is 31.6 Å². The molecule has 6 heteroatoms. The summed E-state index contributed by atoms with van der Waals surface area (Å²) in [7, 11) is 1.75. The maximum Gasteiger partial charge on any atom is 0.191 e. The first kappa shape index (κ1) is 19.2. The lowest BCUT2D eigenvalue weighted by atomic mass is 9.67. The monoisotopic (exact) mass is 399 g/mol. The summed E-state index contributed by atoms with van der Waals surface area (Å²) in [6.07, 6.45) is 4.84. The number of guanidine groups is 1. The van der Waals surface area contributed by atoms with E-state index in [0.717, 1.165) is 37.6 Å². The van der Waals surface area contributed by atoms with Crippen molar-refractivity contribution in [2.24, 2.45) is 10.4 Å². The molecule has 2 rings (SSSR count). The van der Waals surface area contributed by atoms with Crippen molar-refractivity contribution in [1.82, 2.24) is 10.6 Å². The number of methoxy groups -OCH3 is 1. The molecular formula is C18H27BrFN3O. The van der Waals surface area contributed by atoms with E-state index in [0.29, 0.717) is 16.4 Å². The van der Waals surface area contributed by atoms with Crippen LogP contribution in [0.25, 0.3) is 0 Å². The van der Waals surface area contributed by atoms with Gasteiger partial charge in [0.2, 0.25) is 0 Å². The lowest BCUT2D eigenvalue weighted by Crippen LogP contribution is -2.46. The van der Waals surface area contributed by atoms with Crippen LogP contribution in [-0.2, 0) is 11.3 Å². The molecular weight excluding hydrogens is 373 g/mol. The standard InChI is InChI=1S/C18H27BrFN3O/c1-3-21-17(22-12-14-5-6-15(19)16(20)11-14)23-13-18(7-4-8-18)9-10-24-2/h5-6,11H,3-4,7-10,12-13H2,1-2H3,(H2,21,22,23). The molecule has 1 saturated carbocycles. The molecule has 1 aliphatic carbocycles. The number of ether oxygens (including phenoxy) is 1. The first-order chi connectivity index (χ1) is 11.6. The Balaban J connectivity index is 1.93. The summed E-state index contributed by atoms with van der Waals surface area (Å²) < 4.78 is 19.3. The molecule has 1 aromatic carbocycles. The van der Waals surface area contributed by atoms with E-state index in [1.54, 1.807) is 13.2 Å². The highest BCUT2D eigenvalue weighted by Crippen LogP contribution is 2.43. The normalized spacial score (nSPS) is 16.6. The van der Waals surface area contributed by atoms with E-state index in [9.17, 15) is 4.39 Å². The number of halogens is 2. The van der Waals surface area contributed by atoms with Gasteiger partial charge in [0, 0.05) is 26.8 Å². The lowest BCUT2D eigenvalue weighted by Gasteiger charge is -2.42. The van der Waals surface area contributed by atoms with Gasteiger partial charge in [-0.3, -0.25) is 0 Å². The summed E-state index contributed by atoms with van der Waals surface area (Å²) in [5, 5.41) is 6.71. The van der Waals surface area contributed by atoms with E-state index in [-0.39, 0.29) is 5.82 Å². The zero-order valence-electron chi connectivity index (χ0n) is 14.5. The molecule has 134 valence electrons. The molecule has 2 N–H and O–H groups in total. The van der Waals surface area contributed by atoms with Gasteiger partial charge in [-0.2, -0.15) is 0 Å². The topological polar surface area (TPSA) is 45.7 Å². The minimum atomic E-state index is -0.256. The molecule has 1 aromatic rings. The van der Waals surface area contributed by atoms with Crippen LogP contribution in [0.2, 0.25) is 0 Å². The second kappa shape index (κ2) is 9.37. The third-order valence-corrected chi connectivity index (χ3v) is 5.27. The maximum absolute atomic E-state index is 13.6. The minimum absolute atomic E-state index is 0.256. The molecule has 0 saturated heterocycles. The van der Waals surface area contributed by atoms with Crippen LogP contribution in [-0.4, -0.2) is 32.8 Å². The molecule has 0 atom stereocenters. The highest BCUT2D eigenvalue weighted by atomic mass is 79.9. The molecule has 0 radical (unpaired) electrons. The number of hydrogen-bond acceptors (Lipinski definition) is 2. The fourth-order valence-electron chi connectivity index (χ4n) is 2.93. The van der Waals surface area contributed by atoms with Crippen molar-refractivity contribution in [3.8, 4) is 0 Å². The second-order valence-electron chi connectivity index (χ2n) is 6.39. The first-order valence-corrected chi connectivity index (χ1v) is 9.33. The van der Waals surface area contributed by atoms with Gasteiger partial charge in [-0.25, -0.2) is 9.38 Å². The van der Waals surface area contributed by atoms with Crippen LogP contribution >= 0.6 is 15.9 Å². The summed E-state index contributed by atoms with van der Waals surface area (Å²) in [6, 6.07) is 5.12. The van der Waals surface area contributed by atoms with Crippen molar-refractivity contribution in [1.29, 1.82) is 0 Å². The Kier molecular flexibility index (Phi) is 7.49. The highest BCUT2D eigenvalue weighted by molar-refractivity contribution is 9.10. The van der Waals surface area contributed by atoms with Gasteiger partial charge < -0.3 is 15.4 Å². The molecule has 1 aliphatic rings. The van der Waals surface area contributed by atoms with Crippen molar-refractivity contribution < 1.29 is 9.13 Å². The number of rotatable bonds is 8. The molecule has 1 fully saturated rings. The third-order valence-electron chi connectivity index (χ3n) is 4.63. The molecule has 0 aliphatic heterocycles. The molecule has 0 bridgehead atoms. The summed E-state index contributed by atoms with van der Waals surface area (Å²) in [5.41, 5.74) is 1.18. The van der Waals surface area contributed by atoms with Crippen LogP contribution in [0.15, 0.2) is 27.7 Å². The van der Waals surface area contributed by atoms with Gasteiger partial charge in [-0.1, -0.05) is 12.5 Å². The Morgan fingerprint density at radius 3 is 2.75 bits per heavy atom. The zero-order valence-corrected chi connectivity index (χ0v) is 16.1. The van der Waals surface area contributed by atoms with Gasteiger partial charge >= 0.3 is 0 Å². The molecule has 0 unspecified atom stereocenters. The summed E-state index contributed by atoms with van der Waals surface area (Å²) >= 11 is 3.17. The van der Waals surface area contributed by atoms with Crippen LogP contribution in [0.3, 0.4) is 0 Å². The minimum Gasteiger partial charge on any atom is -0.385 e. The van der Waals surface area contributed by atoms with Gasteiger partial charge in [-0.15, -0.1) is 0 Å². The van der Waals surface area contributed by atoms with Crippen molar-refractivity contribution in [3.63, 3.8) is 0 Å². The number of benzene rings is 1. The van der Waals surface area contributed by atoms with E-state index in [1.807, 2.05) is 13.0 Å². The number of aliphatic imine (C=N–C) groups is 1. The Morgan fingerprint density at radius 2 is 2.17 bits per heavy atom. The number of nitrogens with zero attached hydrogens (tertiary/aromatic N) is 1. The molecule has 0 aromatic heterocycles. The highest BCUT2D eigenvalue weighted by Gasteiger charge is 2.36. The van der Waals surface area contributed by atoms with Crippen LogP contribution in [0.1, 0.15) is 38.2 Å². The Hall–Kier alpha value is -1.14. The fourth-order valence-corrected chi connectivity index (χ4v) is 3.18. The second-order valence-corrected chi connectivity index (χ2v) is 7.25. The van der Waals surface area contributed by atoms with Crippen LogP contribution < -0.4 is 10.6 Å². The number of hydrogen-bond donors (Lipinski definition) is 2. The SMILES string of the molecule is CCNC(=NCc1ccc(Br)c(F)c1)NCC1(CCOC)CCC1. The molecule has 0 amide bonds. The molecule has 4 nitrogen and oxygen atoms in total. The number of nitrogens with one attached hydrogen (secondary N) is 2. The van der Waals surface area contributed by atoms with Crippen LogP contribution in [0.5, 0.6) is 0 Å². The molecule has 0 heterocycles. The quantitative estimate of drug-likeness (QED) is 0.515. The maximum atomic E-state index is 13.6. The smallest absolute Gasteiger partial charge is 0.191 e. The zero-order chi connectivity index (χ0) is 17.4. The van der Waals surface area contributed by atoms with Crippen molar-refractivity contribution in [2.45, 2.75) is 39.2 Å². The molecule has 24 heavy (non-hydrogen) atoms. The lowest BCUT2D eigenvalue weighted by molar-refractivity contribution is 0.0732. The van der Waals surface area contributed by atoms with Crippen molar-refractivity contribution in [2.75, 3.05) is 26.8 Å². The van der Waals surface area contributed by atoms with Gasteiger partial charge in [0.25, 0.3) is 0 Å². The average Bonchev–Trinajstić information content (AvgIpc) is 2.54. The Bertz CT molecular complexity index is 561. The first-order valence-electron chi connectivity index (χ1n) is 8.53. The average molecular weight is 400 g/mol. The van der Waals surface area contributed by atoms with E-state index < -0.39 is 0 Å². The van der Waals surface area contributed by atoms with Crippen LogP contribution in [0.4, 0.5) is 4.39 Å². The van der Waals surface area contributed by atoms with E-state index in [4.69, 9.17) is 4.74 Å². The summed E-state index contributed by atoms with van der Waals surface area (Å²) in [5.74, 6) is 0.526. The van der Waals surface area contributed by atoms with Gasteiger partial charge in [0.15, 0.2) is 5.96 Å². The Morgan fingerprint density at radius 1 is 1.38 bits per heavy atom.